The Morgan fingerprint density at radius 2 is 2.22 bits per heavy atom. The van der Waals surface area contributed by atoms with Crippen LogP contribution in [0, 0.1) is 0 Å². The first-order valence-electron chi connectivity index (χ1n) is 10.9. The molecule has 3 aromatic heterocycles. The number of alkyl carbamates (subject to hydrolysis) is 1. The van der Waals surface area contributed by atoms with E-state index in [0.717, 1.165) is 48.1 Å². The molecule has 3 aromatic rings. The van der Waals surface area contributed by atoms with Crippen LogP contribution in [-0.2, 0) is 23.1 Å². The van der Waals surface area contributed by atoms with Crippen molar-refractivity contribution in [3.05, 3.63) is 23.8 Å². The summed E-state index contributed by atoms with van der Waals surface area (Å²) in [6, 6.07) is 2.09. The number of hydrogen-bond donors (Lipinski definition) is 3. The van der Waals surface area contributed by atoms with E-state index >= 15 is 0 Å². The minimum absolute atomic E-state index is 0.0843. The van der Waals surface area contributed by atoms with Gasteiger partial charge in [-0.05, 0) is 32.6 Å². The predicted octanol–water partition coefficient (Wildman–Crippen LogP) is 3.14. The number of aryl methyl sites for hydroxylation is 1. The average Bonchev–Trinajstić information content (AvgIpc) is 3.48. The van der Waals surface area contributed by atoms with Crippen LogP contribution in [0.3, 0.4) is 0 Å². The normalized spacial score (nSPS) is 19.2. The van der Waals surface area contributed by atoms with E-state index in [1.54, 1.807) is 11.8 Å². The van der Waals surface area contributed by atoms with Crippen molar-refractivity contribution in [2.45, 2.75) is 64.2 Å². The van der Waals surface area contributed by atoms with E-state index in [1.807, 2.05) is 27.0 Å². The van der Waals surface area contributed by atoms with Gasteiger partial charge in [0.05, 0.1) is 6.61 Å². The number of aromatic nitrogens is 6. The van der Waals surface area contributed by atoms with Crippen LogP contribution < -0.4 is 10.6 Å². The first-order chi connectivity index (χ1) is 15.5. The molecule has 1 aliphatic carbocycles. The number of aromatic amines is 1. The molecule has 1 aliphatic rings. The molecule has 0 saturated heterocycles. The van der Waals surface area contributed by atoms with Crippen LogP contribution in [0.1, 0.15) is 56.8 Å². The lowest BCUT2D eigenvalue weighted by Gasteiger charge is -2.16. The SMILES string of the molecule is CCC(C)NC(=O)OC1CCC(c2cc(Nc3ncnc4c(COC)nn(C)c34)n[nH]2)C1. The van der Waals surface area contributed by atoms with E-state index < -0.39 is 0 Å². The zero-order chi connectivity index (χ0) is 22.7. The highest BCUT2D eigenvalue weighted by Gasteiger charge is 2.30. The van der Waals surface area contributed by atoms with Gasteiger partial charge in [-0.1, -0.05) is 6.92 Å². The average molecular weight is 443 g/mol. The molecular formula is C21H30N8O3. The van der Waals surface area contributed by atoms with Crippen LogP contribution in [0.2, 0.25) is 0 Å². The van der Waals surface area contributed by atoms with E-state index in [-0.39, 0.29) is 24.2 Å². The van der Waals surface area contributed by atoms with Gasteiger partial charge in [-0.3, -0.25) is 9.78 Å². The first kappa shape index (κ1) is 22.0. The minimum atomic E-state index is -0.339. The Labute approximate surface area is 186 Å². The monoisotopic (exact) mass is 442 g/mol. The maximum atomic E-state index is 12.0. The Bertz CT molecular complexity index is 1080. The molecule has 32 heavy (non-hydrogen) atoms. The summed E-state index contributed by atoms with van der Waals surface area (Å²) in [7, 11) is 3.48. The molecule has 3 N–H and O–H groups in total. The van der Waals surface area contributed by atoms with Gasteiger partial charge in [0.1, 0.15) is 29.2 Å². The molecule has 1 amide bonds. The second-order valence-electron chi connectivity index (χ2n) is 8.25. The van der Waals surface area contributed by atoms with Crippen molar-refractivity contribution in [3.63, 3.8) is 0 Å². The molecule has 11 nitrogen and oxygen atoms in total. The van der Waals surface area contributed by atoms with Crippen molar-refractivity contribution in [2.24, 2.45) is 7.05 Å². The highest BCUT2D eigenvalue weighted by atomic mass is 16.6. The maximum Gasteiger partial charge on any atom is 0.407 e. The van der Waals surface area contributed by atoms with E-state index in [0.29, 0.717) is 18.2 Å². The first-order valence-corrected chi connectivity index (χ1v) is 10.9. The summed E-state index contributed by atoms with van der Waals surface area (Å²) in [4.78, 5) is 20.7. The number of hydrogen-bond acceptors (Lipinski definition) is 8. The highest BCUT2D eigenvalue weighted by molar-refractivity contribution is 5.88. The molecule has 0 bridgehead atoms. The smallest absolute Gasteiger partial charge is 0.407 e. The second kappa shape index (κ2) is 9.51. The van der Waals surface area contributed by atoms with Gasteiger partial charge in [-0.25, -0.2) is 14.8 Å². The largest absolute Gasteiger partial charge is 0.446 e. The van der Waals surface area contributed by atoms with Crippen molar-refractivity contribution < 1.29 is 14.3 Å². The van der Waals surface area contributed by atoms with Crippen molar-refractivity contribution in [1.29, 1.82) is 0 Å². The molecule has 4 rings (SSSR count). The Hall–Kier alpha value is -3.21. The molecule has 172 valence electrons. The van der Waals surface area contributed by atoms with Gasteiger partial charge in [-0.15, -0.1) is 0 Å². The van der Waals surface area contributed by atoms with Crippen LogP contribution >= 0.6 is 0 Å². The predicted molar refractivity (Wildman–Crippen MR) is 119 cm³/mol. The summed E-state index contributed by atoms with van der Waals surface area (Å²) in [5, 5.41) is 18.1. The van der Waals surface area contributed by atoms with Crippen LogP contribution in [0.25, 0.3) is 11.0 Å². The zero-order valence-corrected chi connectivity index (χ0v) is 18.9. The van der Waals surface area contributed by atoms with Crippen molar-refractivity contribution >= 4 is 28.8 Å². The second-order valence-corrected chi connectivity index (χ2v) is 8.25. The molecular weight excluding hydrogens is 412 g/mol. The third kappa shape index (κ3) is 4.67. The number of nitrogens with one attached hydrogen (secondary N) is 3. The highest BCUT2D eigenvalue weighted by Crippen LogP contribution is 2.36. The quantitative estimate of drug-likeness (QED) is 0.485. The number of anilines is 2. The molecule has 3 atom stereocenters. The number of nitrogens with zero attached hydrogens (tertiary/aromatic N) is 5. The number of rotatable bonds is 8. The number of fused-ring (bicyclic) bond motifs is 1. The van der Waals surface area contributed by atoms with Crippen molar-refractivity contribution in [3.8, 4) is 0 Å². The number of carbonyl (C=O) groups is 1. The van der Waals surface area contributed by atoms with E-state index in [9.17, 15) is 4.79 Å². The molecule has 0 aromatic carbocycles. The number of ether oxygens (including phenoxy) is 2. The Morgan fingerprint density at radius 3 is 3.00 bits per heavy atom. The van der Waals surface area contributed by atoms with Gasteiger partial charge in [-0.2, -0.15) is 10.2 Å². The summed E-state index contributed by atoms with van der Waals surface area (Å²) in [5.41, 5.74) is 3.30. The minimum Gasteiger partial charge on any atom is -0.446 e. The van der Waals surface area contributed by atoms with Gasteiger partial charge < -0.3 is 20.1 Å². The van der Waals surface area contributed by atoms with Crippen LogP contribution in [0.5, 0.6) is 0 Å². The number of H-pyrrole nitrogens is 1. The van der Waals surface area contributed by atoms with Gasteiger partial charge in [0.25, 0.3) is 0 Å². The third-order valence-corrected chi connectivity index (χ3v) is 5.89. The maximum absolute atomic E-state index is 12.0. The van der Waals surface area contributed by atoms with Crippen molar-refractivity contribution in [2.75, 3.05) is 12.4 Å². The molecule has 0 radical (unpaired) electrons. The molecule has 1 saturated carbocycles. The fraction of sp³-hybridized carbons (Fsp3) is 0.571. The number of amides is 1. The molecule has 3 unspecified atom stereocenters. The Morgan fingerprint density at radius 1 is 1.38 bits per heavy atom. The van der Waals surface area contributed by atoms with Gasteiger partial charge in [0.15, 0.2) is 11.6 Å². The molecule has 3 heterocycles. The fourth-order valence-corrected chi connectivity index (χ4v) is 4.05. The summed E-state index contributed by atoms with van der Waals surface area (Å²) < 4.78 is 12.5. The molecule has 11 heteroatoms. The Kier molecular flexibility index (Phi) is 6.54. The summed E-state index contributed by atoms with van der Waals surface area (Å²) in [5.74, 6) is 1.54. The molecule has 1 fully saturated rings. The van der Waals surface area contributed by atoms with Crippen molar-refractivity contribution in [1.82, 2.24) is 35.3 Å². The molecule has 0 spiro atoms. The van der Waals surface area contributed by atoms with E-state index in [2.05, 4.69) is 35.9 Å². The summed E-state index contributed by atoms with van der Waals surface area (Å²) in [6.07, 6.45) is 4.50. The van der Waals surface area contributed by atoms with Gasteiger partial charge in [0.2, 0.25) is 0 Å². The fourth-order valence-electron chi connectivity index (χ4n) is 4.05. The lowest BCUT2D eigenvalue weighted by Crippen LogP contribution is -2.34. The van der Waals surface area contributed by atoms with Crippen LogP contribution in [0.15, 0.2) is 12.4 Å². The van der Waals surface area contributed by atoms with Crippen LogP contribution in [0.4, 0.5) is 16.4 Å². The zero-order valence-electron chi connectivity index (χ0n) is 18.9. The topological polar surface area (TPSA) is 132 Å². The number of methoxy groups -OCH3 is 1. The van der Waals surface area contributed by atoms with E-state index in [1.165, 1.54) is 6.33 Å². The lowest BCUT2D eigenvalue weighted by atomic mass is 10.0. The summed E-state index contributed by atoms with van der Waals surface area (Å²) >= 11 is 0. The van der Waals surface area contributed by atoms with Crippen LogP contribution in [-0.4, -0.2) is 55.3 Å². The summed E-state index contributed by atoms with van der Waals surface area (Å²) in [6.45, 7) is 4.37. The van der Waals surface area contributed by atoms with Gasteiger partial charge >= 0.3 is 6.09 Å². The van der Waals surface area contributed by atoms with E-state index in [4.69, 9.17) is 9.47 Å². The lowest BCUT2D eigenvalue weighted by molar-refractivity contribution is 0.0974. The number of carbonyl (C=O) groups excluding carboxylic acids is 1. The standard InChI is InChI=1S/C21H30N8O3/c1-5-12(2)24-21(30)32-14-7-6-13(8-14)15-9-17(27-26-15)25-20-19-18(22-11-23-20)16(10-31-4)28-29(19)3/h9,11-14H,5-8,10H2,1-4H3,(H,24,30)(H2,22,23,25,26,27). The Balaban J connectivity index is 1.41. The van der Waals surface area contributed by atoms with Gasteiger partial charge in [0, 0.05) is 37.9 Å². The third-order valence-electron chi connectivity index (χ3n) is 5.89. The molecule has 0 aliphatic heterocycles.